The topological polar surface area (TPSA) is 49.6 Å². The zero-order chi connectivity index (χ0) is 16.1. The van der Waals surface area contributed by atoms with Gasteiger partial charge in [0.05, 0.1) is 0 Å². The van der Waals surface area contributed by atoms with Crippen molar-refractivity contribution in [2.24, 2.45) is 5.73 Å². The molecule has 1 amide bonds. The summed E-state index contributed by atoms with van der Waals surface area (Å²) in [6, 6.07) is 15.7. The number of benzene rings is 2. The Morgan fingerprint density at radius 1 is 1.00 bits per heavy atom. The maximum atomic E-state index is 12.5. The monoisotopic (exact) mass is 333 g/mol. The quantitative estimate of drug-likeness (QED) is 0.915. The molecule has 0 bridgehead atoms. The fourth-order valence-electron chi connectivity index (χ4n) is 2.28. The lowest BCUT2D eigenvalue weighted by atomic mass is 10.1. The van der Waals surface area contributed by atoms with Crippen LogP contribution in [0.1, 0.15) is 21.5 Å². The van der Waals surface area contributed by atoms with Gasteiger partial charge in [-0.25, -0.2) is 0 Å². The van der Waals surface area contributed by atoms with Crippen LogP contribution >= 0.6 is 12.4 Å². The lowest BCUT2D eigenvalue weighted by Crippen LogP contribution is -2.26. The van der Waals surface area contributed by atoms with Gasteiger partial charge in [0.2, 0.25) is 0 Å². The van der Waals surface area contributed by atoms with Crippen LogP contribution in [-0.2, 0) is 13.1 Å². The molecule has 23 heavy (non-hydrogen) atoms. The van der Waals surface area contributed by atoms with Gasteiger partial charge in [0.15, 0.2) is 0 Å². The second-order valence-corrected chi connectivity index (χ2v) is 5.63. The van der Waals surface area contributed by atoms with Crippen molar-refractivity contribution in [1.82, 2.24) is 4.90 Å². The van der Waals surface area contributed by atoms with E-state index in [1.807, 2.05) is 57.5 Å². The molecule has 124 valence electrons. The van der Waals surface area contributed by atoms with Crippen LogP contribution < -0.4 is 10.6 Å². The summed E-state index contributed by atoms with van der Waals surface area (Å²) in [6.07, 6.45) is 0. The zero-order valence-corrected chi connectivity index (χ0v) is 14.6. The summed E-state index contributed by atoms with van der Waals surface area (Å²) in [4.78, 5) is 16.2. The number of anilines is 1. The van der Waals surface area contributed by atoms with Crippen molar-refractivity contribution in [3.05, 3.63) is 65.2 Å². The molecular formula is C18H24ClN3O. The first-order valence-electron chi connectivity index (χ1n) is 7.32. The Morgan fingerprint density at radius 2 is 1.65 bits per heavy atom. The number of nitrogens with two attached hydrogens (primary N) is 1. The molecule has 0 saturated carbocycles. The first-order chi connectivity index (χ1) is 10.5. The van der Waals surface area contributed by atoms with Gasteiger partial charge in [-0.15, -0.1) is 12.4 Å². The van der Waals surface area contributed by atoms with E-state index in [9.17, 15) is 4.79 Å². The van der Waals surface area contributed by atoms with Gasteiger partial charge in [-0.3, -0.25) is 4.79 Å². The molecule has 0 saturated heterocycles. The van der Waals surface area contributed by atoms with Crippen LogP contribution in [-0.4, -0.2) is 32.0 Å². The Kier molecular flexibility index (Phi) is 7.07. The van der Waals surface area contributed by atoms with Gasteiger partial charge in [-0.05, 0) is 35.4 Å². The van der Waals surface area contributed by atoms with E-state index in [0.717, 1.165) is 16.8 Å². The minimum atomic E-state index is 0. The van der Waals surface area contributed by atoms with Gasteiger partial charge in [0.25, 0.3) is 5.91 Å². The Balaban J connectivity index is 0.00000264. The number of nitrogens with zero attached hydrogens (tertiary/aromatic N) is 2. The summed E-state index contributed by atoms with van der Waals surface area (Å²) >= 11 is 0. The molecule has 0 aliphatic carbocycles. The van der Waals surface area contributed by atoms with Gasteiger partial charge >= 0.3 is 0 Å². The number of amides is 1. The molecule has 0 aliphatic heterocycles. The van der Waals surface area contributed by atoms with Crippen LogP contribution in [0.5, 0.6) is 0 Å². The number of hydrogen-bond donors (Lipinski definition) is 1. The SMILES string of the molecule is CN(Cc1cccc(N(C)C)c1)C(=O)c1ccc(CN)cc1.Cl. The third-order valence-corrected chi connectivity index (χ3v) is 3.63. The van der Waals surface area contributed by atoms with E-state index < -0.39 is 0 Å². The highest BCUT2D eigenvalue weighted by atomic mass is 35.5. The largest absolute Gasteiger partial charge is 0.378 e. The molecule has 0 radical (unpaired) electrons. The Bertz CT molecular complexity index is 641. The molecule has 2 rings (SSSR count). The summed E-state index contributed by atoms with van der Waals surface area (Å²) in [5, 5.41) is 0. The first kappa shape index (κ1) is 19.0. The maximum Gasteiger partial charge on any atom is 0.253 e. The number of carbonyl (C=O) groups is 1. The summed E-state index contributed by atoms with van der Waals surface area (Å²) in [7, 11) is 5.83. The van der Waals surface area contributed by atoms with Crippen molar-refractivity contribution in [3.8, 4) is 0 Å². The average Bonchev–Trinajstić information content (AvgIpc) is 2.54. The van der Waals surface area contributed by atoms with Crippen molar-refractivity contribution in [2.75, 3.05) is 26.0 Å². The number of halogens is 1. The molecule has 0 heterocycles. The number of carbonyl (C=O) groups excluding carboxylic acids is 1. The Hall–Kier alpha value is -2.04. The second kappa shape index (κ2) is 8.56. The third-order valence-electron chi connectivity index (χ3n) is 3.63. The van der Waals surface area contributed by atoms with Crippen molar-refractivity contribution >= 4 is 24.0 Å². The molecule has 0 fully saturated rings. The van der Waals surface area contributed by atoms with E-state index in [0.29, 0.717) is 18.7 Å². The zero-order valence-electron chi connectivity index (χ0n) is 13.8. The van der Waals surface area contributed by atoms with Crippen LogP contribution in [0.4, 0.5) is 5.69 Å². The predicted octanol–water partition coefficient (Wildman–Crippen LogP) is 2.91. The van der Waals surface area contributed by atoms with Crippen molar-refractivity contribution in [3.63, 3.8) is 0 Å². The van der Waals surface area contributed by atoms with Crippen LogP contribution in [0.25, 0.3) is 0 Å². The molecule has 0 aliphatic rings. The third kappa shape index (κ3) is 4.98. The fraction of sp³-hybridized carbons (Fsp3) is 0.278. The molecule has 5 heteroatoms. The molecule has 4 nitrogen and oxygen atoms in total. The second-order valence-electron chi connectivity index (χ2n) is 5.63. The number of rotatable bonds is 5. The summed E-state index contributed by atoms with van der Waals surface area (Å²) in [6.45, 7) is 1.07. The average molecular weight is 334 g/mol. The molecule has 0 atom stereocenters. The van der Waals surface area contributed by atoms with Crippen LogP contribution in [0, 0.1) is 0 Å². The van der Waals surface area contributed by atoms with Gasteiger partial charge in [-0.2, -0.15) is 0 Å². The summed E-state index contributed by atoms with van der Waals surface area (Å²) in [5.41, 5.74) is 9.53. The maximum absolute atomic E-state index is 12.5. The van der Waals surface area contributed by atoms with Gasteiger partial charge in [-0.1, -0.05) is 24.3 Å². The predicted molar refractivity (Wildman–Crippen MR) is 98.1 cm³/mol. The highest BCUT2D eigenvalue weighted by Gasteiger charge is 2.12. The molecule has 2 aromatic rings. The highest BCUT2D eigenvalue weighted by Crippen LogP contribution is 2.16. The minimum Gasteiger partial charge on any atom is -0.378 e. The summed E-state index contributed by atoms with van der Waals surface area (Å²) in [5.74, 6) is 0.0128. The Labute approximate surface area is 144 Å². The van der Waals surface area contributed by atoms with Gasteiger partial charge in [0.1, 0.15) is 0 Å². The minimum absolute atomic E-state index is 0. The normalized spacial score (nSPS) is 9.91. The molecule has 2 aromatic carbocycles. The standard InChI is InChI=1S/C18H23N3O.ClH/c1-20(2)17-6-4-5-15(11-17)13-21(3)18(22)16-9-7-14(12-19)8-10-16;/h4-11H,12-13,19H2,1-3H3;1H. The van der Waals surface area contributed by atoms with Gasteiger partial charge < -0.3 is 15.5 Å². The van der Waals surface area contributed by atoms with E-state index in [1.165, 1.54) is 0 Å². The molecule has 0 unspecified atom stereocenters. The van der Waals surface area contributed by atoms with E-state index >= 15 is 0 Å². The van der Waals surface area contributed by atoms with Crippen molar-refractivity contribution < 1.29 is 4.79 Å². The van der Waals surface area contributed by atoms with Crippen LogP contribution in [0.15, 0.2) is 48.5 Å². The molecular weight excluding hydrogens is 310 g/mol. The fourth-order valence-corrected chi connectivity index (χ4v) is 2.28. The lowest BCUT2D eigenvalue weighted by molar-refractivity contribution is 0.0785. The van der Waals surface area contributed by atoms with E-state index in [1.54, 1.807) is 4.90 Å². The van der Waals surface area contributed by atoms with E-state index in [4.69, 9.17) is 5.73 Å². The highest BCUT2D eigenvalue weighted by molar-refractivity contribution is 5.94. The van der Waals surface area contributed by atoms with Crippen molar-refractivity contribution in [2.45, 2.75) is 13.1 Å². The molecule has 0 spiro atoms. The van der Waals surface area contributed by atoms with E-state index in [2.05, 4.69) is 17.0 Å². The van der Waals surface area contributed by atoms with E-state index in [-0.39, 0.29) is 18.3 Å². The smallest absolute Gasteiger partial charge is 0.253 e. The lowest BCUT2D eigenvalue weighted by Gasteiger charge is -2.19. The molecule has 2 N–H and O–H groups in total. The Morgan fingerprint density at radius 3 is 2.22 bits per heavy atom. The first-order valence-corrected chi connectivity index (χ1v) is 7.32. The number of hydrogen-bond acceptors (Lipinski definition) is 3. The summed E-state index contributed by atoms with van der Waals surface area (Å²) < 4.78 is 0. The van der Waals surface area contributed by atoms with Gasteiger partial charge in [0, 0.05) is 45.5 Å². The van der Waals surface area contributed by atoms with Crippen LogP contribution in [0.2, 0.25) is 0 Å². The van der Waals surface area contributed by atoms with Crippen LogP contribution in [0.3, 0.4) is 0 Å². The molecule has 0 aromatic heterocycles. The van der Waals surface area contributed by atoms with Crippen molar-refractivity contribution in [1.29, 1.82) is 0 Å².